The van der Waals surface area contributed by atoms with Crippen LogP contribution >= 0.6 is 11.3 Å². The number of fused-ring (bicyclic) bond motifs is 1. The summed E-state index contributed by atoms with van der Waals surface area (Å²) in [7, 11) is 0. The van der Waals surface area contributed by atoms with Crippen molar-refractivity contribution in [3.63, 3.8) is 0 Å². The number of carbonyl (C=O) groups is 3. The molecule has 0 atom stereocenters. The van der Waals surface area contributed by atoms with Crippen molar-refractivity contribution >= 4 is 29.1 Å². The van der Waals surface area contributed by atoms with Crippen LogP contribution in [-0.4, -0.2) is 34.2 Å². The van der Waals surface area contributed by atoms with Crippen molar-refractivity contribution in [3.8, 4) is 0 Å². The van der Waals surface area contributed by atoms with Crippen LogP contribution in [0.5, 0.6) is 0 Å². The summed E-state index contributed by atoms with van der Waals surface area (Å²) >= 11 is 1.67. The highest BCUT2D eigenvalue weighted by molar-refractivity contribution is 7.09. The fraction of sp³-hybridized carbons (Fsp3) is 0.250. The van der Waals surface area contributed by atoms with Crippen LogP contribution in [0, 0.1) is 6.92 Å². The molecule has 0 saturated carbocycles. The van der Waals surface area contributed by atoms with E-state index in [9.17, 15) is 14.4 Å². The maximum absolute atomic E-state index is 12.6. The van der Waals surface area contributed by atoms with Crippen LogP contribution in [0.1, 0.15) is 60.2 Å². The van der Waals surface area contributed by atoms with Crippen molar-refractivity contribution in [3.05, 3.63) is 86.9 Å². The molecule has 2 heterocycles. The average Bonchev–Trinajstić information content (AvgIpc) is 3.30. The number of imide groups is 1. The third-order valence-electron chi connectivity index (χ3n) is 5.18. The van der Waals surface area contributed by atoms with Crippen LogP contribution in [0.2, 0.25) is 0 Å². The molecule has 31 heavy (non-hydrogen) atoms. The van der Waals surface area contributed by atoms with Crippen molar-refractivity contribution in [2.75, 3.05) is 6.54 Å². The number of rotatable bonds is 8. The highest BCUT2D eigenvalue weighted by atomic mass is 32.1. The van der Waals surface area contributed by atoms with E-state index in [4.69, 9.17) is 0 Å². The molecule has 1 aromatic heterocycles. The van der Waals surface area contributed by atoms with Crippen LogP contribution in [0.15, 0.2) is 53.9 Å². The first-order valence-electron chi connectivity index (χ1n) is 10.3. The van der Waals surface area contributed by atoms with Gasteiger partial charge >= 0.3 is 0 Å². The lowest BCUT2D eigenvalue weighted by Gasteiger charge is -2.14. The number of carbonyl (C=O) groups excluding carboxylic acids is 3. The molecule has 4 rings (SSSR count). The van der Waals surface area contributed by atoms with E-state index in [1.807, 2.05) is 18.4 Å². The van der Waals surface area contributed by atoms with Gasteiger partial charge in [-0.05, 0) is 56.0 Å². The minimum absolute atomic E-state index is 0.140. The van der Waals surface area contributed by atoms with E-state index in [2.05, 4.69) is 10.3 Å². The van der Waals surface area contributed by atoms with Gasteiger partial charge in [0.25, 0.3) is 17.7 Å². The number of amides is 3. The Bertz CT molecular complexity index is 1100. The topological polar surface area (TPSA) is 79.4 Å². The maximum atomic E-state index is 12.6. The molecule has 1 aliphatic heterocycles. The minimum atomic E-state index is -0.300. The number of nitrogens with one attached hydrogen (secondary N) is 1. The van der Waals surface area contributed by atoms with E-state index in [0.717, 1.165) is 35.5 Å². The van der Waals surface area contributed by atoms with Gasteiger partial charge in [0.15, 0.2) is 0 Å². The molecule has 0 aliphatic carbocycles. The SMILES string of the molecule is Cc1csc(CCCCNC(=O)c2cccc(CN3C(=O)c4ccccc4C3=O)c2)n1. The van der Waals surface area contributed by atoms with Crippen molar-refractivity contribution in [2.24, 2.45) is 0 Å². The predicted molar refractivity (Wildman–Crippen MR) is 119 cm³/mol. The zero-order valence-corrected chi connectivity index (χ0v) is 18.1. The average molecular weight is 434 g/mol. The first-order chi connectivity index (χ1) is 15.0. The normalized spacial score (nSPS) is 12.9. The lowest BCUT2D eigenvalue weighted by Crippen LogP contribution is -2.29. The van der Waals surface area contributed by atoms with Gasteiger partial charge in [-0.3, -0.25) is 19.3 Å². The molecule has 2 aromatic carbocycles. The molecule has 7 heteroatoms. The Kier molecular flexibility index (Phi) is 6.23. The molecule has 0 radical (unpaired) electrons. The van der Waals surface area contributed by atoms with Gasteiger partial charge in [0.2, 0.25) is 0 Å². The standard InChI is InChI=1S/C24H23N3O3S/c1-16-15-31-21(26-16)11-4-5-12-25-22(28)18-8-6-7-17(13-18)14-27-23(29)19-9-2-3-10-20(19)24(27)30/h2-3,6-10,13,15H,4-5,11-12,14H2,1H3,(H,25,28). The molecule has 6 nitrogen and oxygen atoms in total. The van der Waals surface area contributed by atoms with Gasteiger partial charge in [-0.1, -0.05) is 24.3 Å². The van der Waals surface area contributed by atoms with Crippen LogP contribution in [-0.2, 0) is 13.0 Å². The molecule has 0 fully saturated rings. The molecule has 3 aromatic rings. The highest BCUT2D eigenvalue weighted by Gasteiger charge is 2.34. The van der Waals surface area contributed by atoms with Crippen LogP contribution in [0.25, 0.3) is 0 Å². The van der Waals surface area contributed by atoms with Gasteiger partial charge in [-0.2, -0.15) is 0 Å². The Labute approximate surface area is 184 Å². The summed E-state index contributed by atoms with van der Waals surface area (Å²) in [5.74, 6) is -0.758. The Morgan fingerprint density at radius 2 is 1.77 bits per heavy atom. The van der Waals surface area contributed by atoms with Crippen molar-refractivity contribution in [1.82, 2.24) is 15.2 Å². The van der Waals surface area contributed by atoms with Crippen molar-refractivity contribution < 1.29 is 14.4 Å². The summed E-state index contributed by atoms with van der Waals surface area (Å²) in [6.45, 7) is 2.72. The van der Waals surface area contributed by atoms with Gasteiger partial charge in [0, 0.05) is 23.2 Å². The lowest BCUT2D eigenvalue weighted by atomic mass is 10.1. The molecular formula is C24H23N3O3S. The maximum Gasteiger partial charge on any atom is 0.261 e. The van der Waals surface area contributed by atoms with E-state index in [1.165, 1.54) is 4.90 Å². The van der Waals surface area contributed by atoms with Gasteiger partial charge in [-0.15, -0.1) is 11.3 Å². The van der Waals surface area contributed by atoms with E-state index in [0.29, 0.717) is 23.2 Å². The number of unbranched alkanes of at least 4 members (excludes halogenated alkanes) is 1. The van der Waals surface area contributed by atoms with Gasteiger partial charge in [0.1, 0.15) is 0 Å². The molecule has 1 aliphatic rings. The zero-order valence-electron chi connectivity index (χ0n) is 17.3. The smallest absolute Gasteiger partial charge is 0.261 e. The summed E-state index contributed by atoms with van der Waals surface area (Å²) in [6, 6.07) is 13.9. The number of aromatic nitrogens is 1. The van der Waals surface area contributed by atoms with Crippen LogP contribution in [0.4, 0.5) is 0 Å². The summed E-state index contributed by atoms with van der Waals surface area (Å²) in [6.07, 6.45) is 2.76. The lowest BCUT2D eigenvalue weighted by molar-refractivity contribution is 0.0642. The van der Waals surface area contributed by atoms with Crippen LogP contribution in [0.3, 0.4) is 0 Å². The molecule has 3 amide bonds. The van der Waals surface area contributed by atoms with Crippen molar-refractivity contribution in [2.45, 2.75) is 32.7 Å². The number of nitrogens with zero attached hydrogens (tertiary/aromatic N) is 2. The number of aryl methyl sites for hydroxylation is 2. The largest absolute Gasteiger partial charge is 0.352 e. The number of hydrogen-bond acceptors (Lipinski definition) is 5. The number of thiazole rings is 1. The van der Waals surface area contributed by atoms with Gasteiger partial charge in [-0.25, -0.2) is 4.98 Å². The molecular weight excluding hydrogens is 410 g/mol. The zero-order chi connectivity index (χ0) is 21.8. The van der Waals surface area contributed by atoms with E-state index >= 15 is 0 Å². The third-order valence-corrected chi connectivity index (χ3v) is 6.20. The first-order valence-corrected chi connectivity index (χ1v) is 11.1. The van der Waals surface area contributed by atoms with Crippen LogP contribution < -0.4 is 5.32 Å². The molecule has 1 N–H and O–H groups in total. The molecule has 0 unspecified atom stereocenters. The number of hydrogen-bond donors (Lipinski definition) is 1. The quantitative estimate of drug-likeness (QED) is 0.430. The second kappa shape index (κ2) is 9.22. The number of benzene rings is 2. The fourth-order valence-electron chi connectivity index (χ4n) is 3.60. The monoisotopic (exact) mass is 433 g/mol. The van der Waals surface area contributed by atoms with Gasteiger partial charge < -0.3 is 5.32 Å². The van der Waals surface area contributed by atoms with E-state index < -0.39 is 0 Å². The Morgan fingerprint density at radius 3 is 2.45 bits per heavy atom. The molecule has 0 spiro atoms. The van der Waals surface area contributed by atoms with Gasteiger partial charge in [0.05, 0.1) is 22.7 Å². The Balaban J connectivity index is 1.30. The molecule has 0 bridgehead atoms. The predicted octanol–water partition coefficient (Wildman–Crippen LogP) is 4.00. The van der Waals surface area contributed by atoms with E-state index in [-0.39, 0.29) is 24.3 Å². The minimum Gasteiger partial charge on any atom is -0.352 e. The first kappa shape index (κ1) is 20.9. The van der Waals surface area contributed by atoms with E-state index in [1.54, 1.807) is 53.8 Å². The summed E-state index contributed by atoms with van der Waals surface area (Å²) in [5.41, 5.74) is 3.16. The summed E-state index contributed by atoms with van der Waals surface area (Å²) in [5, 5.41) is 6.12. The second-order valence-corrected chi connectivity index (χ2v) is 8.48. The second-order valence-electron chi connectivity index (χ2n) is 7.54. The Morgan fingerprint density at radius 1 is 1.03 bits per heavy atom. The summed E-state index contributed by atoms with van der Waals surface area (Å²) < 4.78 is 0. The summed E-state index contributed by atoms with van der Waals surface area (Å²) in [4.78, 5) is 43.3. The van der Waals surface area contributed by atoms with Crippen molar-refractivity contribution in [1.29, 1.82) is 0 Å². The molecule has 158 valence electrons. The third kappa shape index (κ3) is 4.72. The fourth-order valence-corrected chi connectivity index (χ4v) is 4.42. The highest BCUT2D eigenvalue weighted by Crippen LogP contribution is 2.24. The Hall–Kier alpha value is -3.32. The molecule has 0 saturated heterocycles.